The van der Waals surface area contributed by atoms with Crippen molar-refractivity contribution in [2.24, 2.45) is 5.73 Å². The number of rotatable bonds is 3. The van der Waals surface area contributed by atoms with E-state index in [9.17, 15) is 4.79 Å². The van der Waals surface area contributed by atoms with Gasteiger partial charge < -0.3 is 11.1 Å². The fraction of sp³-hybridized carbons (Fsp3) is 0.0833. The summed E-state index contributed by atoms with van der Waals surface area (Å²) in [5.74, 6) is -0.381. The Morgan fingerprint density at radius 2 is 1.89 bits per heavy atom. The number of carbonyl (C=O) groups is 1. The number of amides is 1. The molecular weight excluding hydrogens is 327 g/mol. The Kier molecular flexibility index (Phi) is 4.71. The summed E-state index contributed by atoms with van der Waals surface area (Å²) in [5, 5.41) is 5.40. The Bertz CT molecular complexity index is 578. The van der Waals surface area contributed by atoms with Gasteiger partial charge in [0, 0.05) is 9.90 Å². The van der Waals surface area contributed by atoms with Crippen molar-refractivity contribution in [3.05, 3.63) is 49.6 Å². The summed E-state index contributed by atoms with van der Waals surface area (Å²) in [6.07, 6.45) is 0. The van der Waals surface area contributed by atoms with E-state index in [2.05, 4.69) is 5.32 Å². The topological polar surface area (TPSA) is 55.1 Å². The maximum atomic E-state index is 12.0. The maximum absolute atomic E-state index is 12.0. The monoisotopic (exact) mass is 334 g/mol. The van der Waals surface area contributed by atoms with Crippen molar-refractivity contribution < 1.29 is 4.79 Å². The highest BCUT2D eigenvalue weighted by molar-refractivity contribution is 7.10. The van der Waals surface area contributed by atoms with E-state index < -0.39 is 6.04 Å². The SMILES string of the molecule is NC(C(=O)Nc1c(Cl)cc(Cl)cc1Cl)c1cccs1. The number of carbonyl (C=O) groups excluding carboxylic acids is 1. The summed E-state index contributed by atoms with van der Waals surface area (Å²) in [4.78, 5) is 12.8. The molecule has 1 amide bonds. The number of halogens is 3. The van der Waals surface area contributed by atoms with E-state index in [1.165, 1.54) is 23.5 Å². The molecule has 19 heavy (non-hydrogen) atoms. The third-order valence-corrected chi connectivity index (χ3v) is 4.16. The molecule has 0 saturated heterocycles. The third-order valence-electron chi connectivity index (χ3n) is 2.39. The lowest BCUT2D eigenvalue weighted by Crippen LogP contribution is -2.27. The standard InChI is InChI=1S/C12H9Cl3N2OS/c13-6-4-7(14)11(8(15)5-6)17-12(18)10(16)9-2-1-3-19-9/h1-5,10H,16H2,(H,17,18). The molecule has 1 unspecified atom stereocenters. The van der Waals surface area contributed by atoms with Gasteiger partial charge in [-0.1, -0.05) is 40.9 Å². The van der Waals surface area contributed by atoms with Crippen LogP contribution in [0.25, 0.3) is 0 Å². The van der Waals surface area contributed by atoms with E-state index in [-0.39, 0.29) is 16.0 Å². The minimum atomic E-state index is -0.761. The fourth-order valence-electron chi connectivity index (χ4n) is 1.46. The molecular formula is C12H9Cl3N2OS. The van der Waals surface area contributed by atoms with E-state index in [1.54, 1.807) is 6.07 Å². The van der Waals surface area contributed by atoms with Gasteiger partial charge in [-0.05, 0) is 23.6 Å². The van der Waals surface area contributed by atoms with Crippen molar-refractivity contribution in [2.45, 2.75) is 6.04 Å². The zero-order chi connectivity index (χ0) is 14.0. The van der Waals surface area contributed by atoms with Crippen LogP contribution >= 0.6 is 46.1 Å². The second kappa shape index (κ2) is 6.11. The number of nitrogens with two attached hydrogens (primary N) is 1. The summed E-state index contributed by atoms with van der Waals surface area (Å²) >= 11 is 19.2. The van der Waals surface area contributed by atoms with Crippen LogP contribution in [0.1, 0.15) is 10.9 Å². The summed E-state index contributed by atoms with van der Waals surface area (Å²) in [7, 11) is 0. The summed E-state index contributed by atoms with van der Waals surface area (Å²) in [6.45, 7) is 0. The van der Waals surface area contributed by atoms with Gasteiger partial charge in [0.25, 0.3) is 0 Å². The lowest BCUT2D eigenvalue weighted by atomic mass is 10.2. The van der Waals surface area contributed by atoms with Crippen LogP contribution < -0.4 is 11.1 Å². The van der Waals surface area contributed by atoms with Crippen LogP contribution in [-0.2, 0) is 4.79 Å². The number of nitrogens with one attached hydrogen (secondary N) is 1. The molecule has 100 valence electrons. The van der Waals surface area contributed by atoms with E-state index in [0.29, 0.717) is 10.7 Å². The van der Waals surface area contributed by atoms with E-state index in [1.807, 2.05) is 11.4 Å². The molecule has 1 atom stereocenters. The van der Waals surface area contributed by atoms with Crippen molar-refractivity contribution in [3.8, 4) is 0 Å². The molecule has 0 aliphatic carbocycles. The Morgan fingerprint density at radius 3 is 2.42 bits per heavy atom. The number of hydrogen-bond acceptors (Lipinski definition) is 3. The van der Waals surface area contributed by atoms with Gasteiger partial charge >= 0.3 is 0 Å². The molecule has 0 fully saturated rings. The second-order valence-corrected chi connectivity index (χ2v) is 5.96. The van der Waals surface area contributed by atoms with E-state index >= 15 is 0 Å². The molecule has 0 aliphatic rings. The highest BCUT2D eigenvalue weighted by Crippen LogP contribution is 2.34. The Morgan fingerprint density at radius 1 is 1.26 bits per heavy atom. The molecule has 0 radical (unpaired) electrons. The summed E-state index contributed by atoms with van der Waals surface area (Å²) in [6, 6.07) is 5.86. The van der Waals surface area contributed by atoms with Gasteiger partial charge in [-0.2, -0.15) is 0 Å². The quantitative estimate of drug-likeness (QED) is 0.876. The van der Waals surface area contributed by atoms with Gasteiger partial charge in [0.15, 0.2) is 0 Å². The van der Waals surface area contributed by atoms with Crippen LogP contribution in [-0.4, -0.2) is 5.91 Å². The van der Waals surface area contributed by atoms with Gasteiger partial charge in [0.05, 0.1) is 15.7 Å². The van der Waals surface area contributed by atoms with Crippen molar-refractivity contribution in [2.75, 3.05) is 5.32 Å². The maximum Gasteiger partial charge on any atom is 0.246 e. The molecule has 7 heteroatoms. The van der Waals surface area contributed by atoms with Crippen molar-refractivity contribution >= 4 is 57.7 Å². The lowest BCUT2D eigenvalue weighted by Gasteiger charge is -2.13. The fourth-order valence-corrected chi connectivity index (χ4v) is 3.10. The first kappa shape index (κ1) is 14.6. The van der Waals surface area contributed by atoms with Gasteiger partial charge in [-0.25, -0.2) is 0 Å². The second-order valence-electron chi connectivity index (χ2n) is 3.73. The van der Waals surface area contributed by atoms with Crippen LogP contribution in [0.5, 0.6) is 0 Å². The first-order valence-corrected chi connectivity index (χ1v) is 7.25. The minimum absolute atomic E-state index is 0.268. The van der Waals surface area contributed by atoms with Crippen LogP contribution in [0.2, 0.25) is 15.1 Å². The van der Waals surface area contributed by atoms with Crippen LogP contribution in [0, 0.1) is 0 Å². The van der Waals surface area contributed by atoms with Crippen molar-refractivity contribution in [3.63, 3.8) is 0 Å². The number of benzene rings is 1. The van der Waals surface area contributed by atoms with E-state index in [4.69, 9.17) is 40.5 Å². The third kappa shape index (κ3) is 3.41. The predicted molar refractivity (Wildman–Crippen MR) is 81.3 cm³/mol. The normalized spacial score (nSPS) is 12.2. The summed E-state index contributed by atoms with van der Waals surface area (Å²) < 4.78 is 0. The first-order chi connectivity index (χ1) is 8.99. The highest BCUT2D eigenvalue weighted by Gasteiger charge is 2.19. The van der Waals surface area contributed by atoms with Crippen LogP contribution in [0.3, 0.4) is 0 Å². The van der Waals surface area contributed by atoms with Gasteiger partial charge in [-0.15, -0.1) is 11.3 Å². The molecule has 2 rings (SSSR count). The molecule has 0 aliphatic heterocycles. The van der Waals surface area contributed by atoms with E-state index in [0.717, 1.165) is 4.88 Å². The molecule has 2 aromatic rings. The van der Waals surface area contributed by atoms with Gasteiger partial charge in [0.1, 0.15) is 6.04 Å². The molecule has 3 N–H and O–H groups in total. The smallest absolute Gasteiger partial charge is 0.246 e. The molecule has 3 nitrogen and oxygen atoms in total. The first-order valence-electron chi connectivity index (χ1n) is 5.23. The molecule has 1 aromatic carbocycles. The molecule has 0 saturated carbocycles. The zero-order valence-corrected chi connectivity index (χ0v) is 12.6. The largest absolute Gasteiger partial charge is 0.322 e. The van der Waals surface area contributed by atoms with Crippen LogP contribution in [0.15, 0.2) is 29.6 Å². The van der Waals surface area contributed by atoms with Crippen LogP contribution in [0.4, 0.5) is 5.69 Å². The number of thiophene rings is 1. The van der Waals surface area contributed by atoms with Gasteiger partial charge in [0.2, 0.25) is 5.91 Å². The average Bonchev–Trinajstić information content (AvgIpc) is 2.86. The predicted octanol–water partition coefficient (Wildman–Crippen LogP) is 4.35. The van der Waals surface area contributed by atoms with Crippen molar-refractivity contribution in [1.29, 1.82) is 0 Å². The number of hydrogen-bond donors (Lipinski definition) is 2. The average molecular weight is 336 g/mol. The number of anilines is 1. The molecule has 0 spiro atoms. The zero-order valence-electron chi connectivity index (χ0n) is 9.49. The lowest BCUT2D eigenvalue weighted by molar-refractivity contribution is -0.117. The highest BCUT2D eigenvalue weighted by atomic mass is 35.5. The summed E-state index contributed by atoms with van der Waals surface area (Å²) in [5.41, 5.74) is 6.16. The van der Waals surface area contributed by atoms with Gasteiger partial charge in [-0.3, -0.25) is 4.79 Å². The Hall–Kier alpha value is -0.780. The molecule has 1 aromatic heterocycles. The minimum Gasteiger partial charge on any atom is -0.322 e. The van der Waals surface area contributed by atoms with Crippen molar-refractivity contribution in [1.82, 2.24) is 0 Å². The molecule has 0 bridgehead atoms. The molecule has 1 heterocycles. The Balaban J connectivity index is 2.20. The Labute approximate surface area is 129 Å².